The summed E-state index contributed by atoms with van der Waals surface area (Å²) in [5, 5.41) is 9.17. The average molecular weight is 213 g/mol. The van der Waals surface area contributed by atoms with Gasteiger partial charge >= 0.3 is 0 Å². The number of carbonyl (C=O) groups is 1. The molecule has 0 fully saturated rings. The number of hydrogen-bond acceptors (Lipinski definition) is 3. The number of hydrogen-bond donors (Lipinski definition) is 1. The Hall–Kier alpha value is -1.74. The van der Waals surface area contributed by atoms with Gasteiger partial charge in [-0.1, -0.05) is 24.3 Å². The molecule has 0 unspecified atom stereocenters. The molecule has 2 nitrogen and oxygen atoms in total. The van der Waals surface area contributed by atoms with Crippen LogP contribution in [-0.2, 0) is 0 Å². The van der Waals surface area contributed by atoms with Crippen molar-refractivity contribution in [3.63, 3.8) is 0 Å². The first-order valence-electron chi connectivity index (χ1n) is 4.59. The molecular formula is C12H7NOS. The van der Waals surface area contributed by atoms with Gasteiger partial charge in [-0.15, -0.1) is 11.3 Å². The second kappa shape index (κ2) is 2.87. The quantitative estimate of drug-likeness (QED) is 0.620. The Kier molecular flexibility index (Phi) is 1.64. The van der Waals surface area contributed by atoms with Gasteiger partial charge in [0.05, 0.1) is 4.88 Å². The van der Waals surface area contributed by atoms with E-state index in [0.29, 0.717) is 0 Å². The highest BCUT2D eigenvalue weighted by Gasteiger charge is 2.29. The third kappa shape index (κ3) is 0.982. The van der Waals surface area contributed by atoms with Gasteiger partial charge in [-0.2, -0.15) is 0 Å². The van der Waals surface area contributed by atoms with Crippen LogP contribution in [0.5, 0.6) is 0 Å². The van der Waals surface area contributed by atoms with Crippen molar-refractivity contribution >= 4 is 23.3 Å². The summed E-state index contributed by atoms with van der Waals surface area (Å²) >= 11 is 1.43. The third-order valence-electron chi connectivity index (χ3n) is 2.62. The Balaban J connectivity index is 2.41. The maximum Gasteiger partial charge on any atom is 0.204 e. The lowest BCUT2D eigenvalue weighted by molar-refractivity contribution is 0.104. The molecule has 72 valence electrons. The van der Waals surface area contributed by atoms with Crippen LogP contribution in [-0.4, -0.2) is 12.0 Å². The summed E-state index contributed by atoms with van der Waals surface area (Å²) in [7, 11) is 0. The summed E-state index contributed by atoms with van der Waals surface area (Å²) in [6.07, 6.45) is 1.31. The van der Waals surface area contributed by atoms with E-state index in [9.17, 15) is 4.79 Å². The smallest absolute Gasteiger partial charge is 0.204 e. The molecule has 0 saturated heterocycles. The van der Waals surface area contributed by atoms with Crippen molar-refractivity contribution in [1.82, 2.24) is 0 Å². The summed E-state index contributed by atoms with van der Waals surface area (Å²) in [4.78, 5) is 12.7. The Labute approximate surface area is 90.7 Å². The first-order chi connectivity index (χ1) is 7.33. The van der Waals surface area contributed by atoms with E-state index in [4.69, 9.17) is 5.41 Å². The van der Waals surface area contributed by atoms with Crippen molar-refractivity contribution < 1.29 is 4.79 Å². The molecule has 3 rings (SSSR count). The van der Waals surface area contributed by atoms with Gasteiger partial charge in [0.2, 0.25) is 5.78 Å². The number of thiophene rings is 1. The summed E-state index contributed by atoms with van der Waals surface area (Å²) < 4.78 is 0. The zero-order valence-electron chi connectivity index (χ0n) is 7.78. The number of fused-ring (bicyclic) bond motifs is 3. The SMILES string of the molecule is N=Cc1csc2c1-c1ccccc1C2=O. The van der Waals surface area contributed by atoms with Crippen LogP contribution in [0.4, 0.5) is 0 Å². The largest absolute Gasteiger partial charge is 0.308 e. The predicted octanol–water partition coefficient (Wildman–Crippen LogP) is 2.96. The van der Waals surface area contributed by atoms with Gasteiger partial charge in [-0.3, -0.25) is 4.79 Å². The second-order valence-electron chi connectivity index (χ2n) is 3.41. The molecule has 1 aliphatic carbocycles. The third-order valence-corrected chi connectivity index (χ3v) is 3.62. The van der Waals surface area contributed by atoms with E-state index in [-0.39, 0.29) is 5.78 Å². The number of rotatable bonds is 1. The molecule has 15 heavy (non-hydrogen) atoms. The molecule has 0 bridgehead atoms. The monoisotopic (exact) mass is 213 g/mol. The molecule has 1 aromatic carbocycles. The van der Waals surface area contributed by atoms with E-state index < -0.39 is 0 Å². The van der Waals surface area contributed by atoms with Crippen molar-refractivity contribution in [1.29, 1.82) is 5.41 Å². The molecule has 1 aliphatic rings. The standard InChI is InChI=1S/C12H7NOS/c13-5-7-6-15-12-10(7)8-3-1-2-4-9(8)11(12)14/h1-6,13H. The normalized spacial score (nSPS) is 12.4. The fourth-order valence-electron chi connectivity index (χ4n) is 1.94. The summed E-state index contributed by atoms with van der Waals surface area (Å²) in [5.74, 6) is 0.0960. The minimum Gasteiger partial charge on any atom is -0.308 e. The fraction of sp³-hybridized carbons (Fsp3) is 0. The van der Waals surface area contributed by atoms with Crippen molar-refractivity contribution in [3.8, 4) is 11.1 Å². The lowest BCUT2D eigenvalue weighted by Crippen LogP contribution is -1.91. The van der Waals surface area contributed by atoms with Crippen LogP contribution in [0.2, 0.25) is 0 Å². The second-order valence-corrected chi connectivity index (χ2v) is 4.29. The molecule has 0 spiro atoms. The van der Waals surface area contributed by atoms with Crippen LogP contribution >= 0.6 is 11.3 Å². The van der Waals surface area contributed by atoms with Gasteiger partial charge in [0, 0.05) is 28.3 Å². The molecule has 0 atom stereocenters. The highest BCUT2D eigenvalue weighted by atomic mass is 32.1. The Bertz CT molecular complexity index is 583. The number of ketones is 1. The van der Waals surface area contributed by atoms with Crippen LogP contribution in [0, 0.1) is 5.41 Å². The molecular weight excluding hydrogens is 206 g/mol. The molecule has 1 aromatic heterocycles. The molecule has 3 heteroatoms. The van der Waals surface area contributed by atoms with Crippen LogP contribution in [0.15, 0.2) is 29.6 Å². The maximum atomic E-state index is 12.0. The van der Waals surface area contributed by atoms with E-state index in [0.717, 1.165) is 27.1 Å². The zero-order chi connectivity index (χ0) is 10.4. The highest BCUT2D eigenvalue weighted by Crippen LogP contribution is 2.41. The van der Waals surface area contributed by atoms with Crippen LogP contribution < -0.4 is 0 Å². The fourth-order valence-corrected chi connectivity index (χ4v) is 2.94. The lowest BCUT2D eigenvalue weighted by Gasteiger charge is -1.97. The van der Waals surface area contributed by atoms with E-state index >= 15 is 0 Å². The lowest BCUT2D eigenvalue weighted by atomic mass is 10.0. The minimum absolute atomic E-state index is 0.0960. The summed E-state index contributed by atoms with van der Waals surface area (Å²) in [6.45, 7) is 0. The topological polar surface area (TPSA) is 40.9 Å². The number of benzene rings is 1. The van der Waals surface area contributed by atoms with Gasteiger partial charge in [-0.05, 0) is 5.56 Å². The van der Waals surface area contributed by atoms with Crippen molar-refractivity contribution in [2.75, 3.05) is 0 Å². The maximum absolute atomic E-state index is 12.0. The van der Waals surface area contributed by atoms with Crippen LogP contribution in [0.25, 0.3) is 11.1 Å². The Morgan fingerprint density at radius 3 is 2.67 bits per heavy atom. The number of nitrogens with one attached hydrogen (secondary N) is 1. The molecule has 2 aromatic rings. The molecule has 1 heterocycles. The first-order valence-corrected chi connectivity index (χ1v) is 5.47. The first kappa shape index (κ1) is 8.56. The van der Waals surface area contributed by atoms with Crippen molar-refractivity contribution in [3.05, 3.63) is 45.6 Å². The Morgan fingerprint density at radius 2 is 1.93 bits per heavy atom. The van der Waals surface area contributed by atoms with Gasteiger partial charge < -0.3 is 5.41 Å². The van der Waals surface area contributed by atoms with Crippen molar-refractivity contribution in [2.24, 2.45) is 0 Å². The van der Waals surface area contributed by atoms with Gasteiger partial charge in [0.25, 0.3) is 0 Å². The molecule has 0 saturated carbocycles. The highest BCUT2D eigenvalue weighted by molar-refractivity contribution is 7.13. The molecule has 0 radical (unpaired) electrons. The number of carbonyl (C=O) groups excluding carboxylic acids is 1. The van der Waals surface area contributed by atoms with E-state index in [2.05, 4.69) is 0 Å². The van der Waals surface area contributed by atoms with Gasteiger partial charge in [0.15, 0.2) is 0 Å². The van der Waals surface area contributed by atoms with Crippen LogP contribution in [0.3, 0.4) is 0 Å². The summed E-state index contributed by atoms with van der Waals surface area (Å²) in [5.41, 5.74) is 3.52. The zero-order valence-corrected chi connectivity index (χ0v) is 8.60. The summed E-state index contributed by atoms with van der Waals surface area (Å²) in [6, 6.07) is 7.58. The van der Waals surface area contributed by atoms with E-state index in [1.54, 1.807) is 0 Å². The van der Waals surface area contributed by atoms with Crippen LogP contribution in [0.1, 0.15) is 20.8 Å². The Morgan fingerprint density at radius 1 is 1.20 bits per heavy atom. The van der Waals surface area contributed by atoms with Crippen molar-refractivity contribution in [2.45, 2.75) is 0 Å². The average Bonchev–Trinajstić information content (AvgIpc) is 2.81. The van der Waals surface area contributed by atoms with E-state index in [1.807, 2.05) is 29.6 Å². The molecule has 1 N–H and O–H groups in total. The minimum atomic E-state index is 0.0960. The van der Waals surface area contributed by atoms with Gasteiger partial charge in [0.1, 0.15) is 0 Å². The van der Waals surface area contributed by atoms with Gasteiger partial charge in [-0.25, -0.2) is 0 Å². The molecule has 0 aliphatic heterocycles. The van der Waals surface area contributed by atoms with E-state index in [1.165, 1.54) is 17.6 Å². The molecule has 0 amide bonds. The predicted molar refractivity (Wildman–Crippen MR) is 61.1 cm³/mol.